The number of nitrogens with zero attached hydrogens (tertiary/aromatic N) is 5. The Morgan fingerprint density at radius 2 is 1.73 bits per heavy atom. The summed E-state index contributed by atoms with van der Waals surface area (Å²) in [4.78, 5) is 76.9. The molecule has 19 heteroatoms. The lowest BCUT2D eigenvalue weighted by Crippen LogP contribution is -2.62. The number of methoxy groups -OCH3 is 1. The summed E-state index contributed by atoms with van der Waals surface area (Å²) in [6.07, 6.45) is 7.00. The molecule has 5 atom stereocenters. The van der Waals surface area contributed by atoms with Crippen LogP contribution in [0.3, 0.4) is 0 Å². The minimum Gasteiger partial charge on any atom is -0.464 e. The van der Waals surface area contributed by atoms with Crippen LogP contribution in [0.1, 0.15) is 83.6 Å². The first-order valence-corrected chi connectivity index (χ1v) is 23.0. The lowest BCUT2D eigenvalue weighted by molar-refractivity contribution is -0.155. The van der Waals surface area contributed by atoms with Gasteiger partial charge in [0, 0.05) is 81.0 Å². The third-order valence-electron chi connectivity index (χ3n) is 13.4. The molecule has 3 aliphatic heterocycles. The Morgan fingerprint density at radius 1 is 1.01 bits per heavy atom. The number of cyclic esters (lactones) is 1. The predicted octanol–water partition coefficient (Wildman–Crippen LogP) is 6.83. The second-order valence-electron chi connectivity index (χ2n) is 19.0. The van der Waals surface area contributed by atoms with Crippen LogP contribution in [0.4, 0.5) is 0 Å². The van der Waals surface area contributed by atoms with Crippen molar-refractivity contribution in [2.45, 2.75) is 104 Å². The number of aromatic nitrogens is 2. The quantitative estimate of drug-likeness (QED) is 0.129. The fourth-order valence-electron chi connectivity index (χ4n) is 9.92. The molecular formula is C51H75N7O7S5. The summed E-state index contributed by atoms with van der Waals surface area (Å²) in [6, 6.07) is 13.8. The smallest absolute Gasteiger partial charge is 0.324 e. The number of rotatable bonds is 10. The van der Waals surface area contributed by atoms with Crippen LogP contribution in [-0.2, 0) is 52.8 Å². The third-order valence-corrected chi connectivity index (χ3v) is 13.4. The molecule has 2 N–H and O–H groups in total. The van der Waals surface area contributed by atoms with Gasteiger partial charge in [0.15, 0.2) is 0 Å². The van der Waals surface area contributed by atoms with Crippen molar-refractivity contribution in [3.63, 3.8) is 0 Å². The van der Waals surface area contributed by atoms with Gasteiger partial charge in [0.1, 0.15) is 18.1 Å². The molecule has 386 valence electrons. The zero-order valence-electron chi connectivity index (χ0n) is 41.7. The number of nitrogens with one attached hydrogen (secondary N) is 2. The van der Waals surface area contributed by atoms with Gasteiger partial charge in [0.25, 0.3) is 5.91 Å². The molecule has 2 aromatic heterocycles. The number of esters is 1. The normalized spacial score (nSPS) is 19.6. The van der Waals surface area contributed by atoms with E-state index >= 15 is 0 Å². The van der Waals surface area contributed by atoms with Crippen molar-refractivity contribution < 1.29 is 33.4 Å². The summed E-state index contributed by atoms with van der Waals surface area (Å²) >= 11 is 0. The van der Waals surface area contributed by atoms with E-state index < -0.39 is 47.2 Å². The highest BCUT2D eigenvalue weighted by molar-refractivity contribution is 7.60. The highest BCUT2D eigenvalue weighted by atomic mass is 32.1. The van der Waals surface area contributed by atoms with Crippen molar-refractivity contribution >= 4 is 108 Å². The van der Waals surface area contributed by atoms with Gasteiger partial charge >= 0.3 is 5.97 Å². The number of hydrazine groups is 1. The van der Waals surface area contributed by atoms with Crippen LogP contribution in [0.15, 0.2) is 73.6 Å². The minimum atomic E-state index is -1.05. The first-order chi connectivity index (χ1) is 31.0. The van der Waals surface area contributed by atoms with Crippen molar-refractivity contribution in [2.75, 3.05) is 40.4 Å². The molecule has 0 radical (unpaired) electrons. The Balaban J connectivity index is 0.00000336. The van der Waals surface area contributed by atoms with E-state index in [9.17, 15) is 24.0 Å². The molecule has 7 rings (SSSR count). The molecule has 2 fully saturated rings. The number of amides is 4. The fraction of sp³-hybridized carbons (Fsp3) is 0.490. The summed E-state index contributed by atoms with van der Waals surface area (Å²) in [5.74, 6) is -2.56. The highest BCUT2D eigenvalue weighted by Gasteiger charge is 2.40. The van der Waals surface area contributed by atoms with Crippen LogP contribution >= 0.6 is 67.5 Å². The van der Waals surface area contributed by atoms with Crippen LogP contribution in [0.5, 0.6) is 0 Å². The Hall–Kier alpha value is -4.11. The summed E-state index contributed by atoms with van der Waals surface area (Å²) in [7, 11) is 3.32. The first-order valence-electron chi connectivity index (χ1n) is 23.0. The number of likely N-dealkylation sites (tertiary alicyclic amines) is 1. The van der Waals surface area contributed by atoms with Crippen LogP contribution in [0.2, 0.25) is 0 Å². The second kappa shape index (κ2) is 26.5. The molecule has 2 saturated heterocycles. The Kier molecular flexibility index (Phi) is 23.5. The van der Waals surface area contributed by atoms with E-state index in [1.165, 1.54) is 16.0 Å². The molecule has 2 aromatic carbocycles. The van der Waals surface area contributed by atoms with Gasteiger partial charge in [-0.15, -0.1) is 0 Å². The molecule has 0 saturated carbocycles. The summed E-state index contributed by atoms with van der Waals surface area (Å²) < 4.78 is 14.3. The molecule has 6 bridgehead atoms. The largest absolute Gasteiger partial charge is 0.464 e. The van der Waals surface area contributed by atoms with Crippen LogP contribution in [0.25, 0.3) is 33.3 Å². The van der Waals surface area contributed by atoms with Gasteiger partial charge < -0.3 is 29.2 Å². The average Bonchev–Trinajstić information content (AvgIpc) is 3.92. The van der Waals surface area contributed by atoms with Gasteiger partial charge in [-0.05, 0) is 97.5 Å². The van der Waals surface area contributed by atoms with E-state index in [1.807, 2.05) is 45.2 Å². The van der Waals surface area contributed by atoms with Crippen LogP contribution in [0, 0.1) is 17.3 Å². The maximum Gasteiger partial charge on any atom is 0.324 e. The van der Waals surface area contributed by atoms with E-state index in [2.05, 4.69) is 78.0 Å². The lowest BCUT2D eigenvalue weighted by Gasteiger charge is -2.37. The highest BCUT2D eigenvalue weighted by Crippen LogP contribution is 2.42. The molecule has 5 heterocycles. The Morgan fingerprint density at radius 3 is 2.40 bits per heavy atom. The van der Waals surface area contributed by atoms with E-state index in [4.69, 9.17) is 9.47 Å². The van der Waals surface area contributed by atoms with Gasteiger partial charge in [0.2, 0.25) is 17.7 Å². The Labute approximate surface area is 448 Å². The topological polar surface area (TPSA) is 155 Å². The monoisotopic (exact) mass is 1060 g/mol. The molecule has 3 aliphatic rings. The van der Waals surface area contributed by atoms with Gasteiger partial charge in [0.05, 0.1) is 24.3 Å². The second-order valence-corrected chi connectivity index (χ2v) is 19.0. The number of likely N-dealkylation sites (N-methyl/N-ethyl adjacent to an activating group) is 1. The summed E-state index contributed by atoms with van der Waals surface area (Å²) in [5.41, 5.74) is 10.7. The van der Waals surface area contributed by atoms with Crippen molar-refractivity contribution in [3.05, 3.63) is 90.3 Å². The molecule has 4 amide bonds. The maximum absolute atomic E-state index is 14.7. The molecule has 0 spiro atoms. The molecule has 0 aliphatic carbocycles. The lowest BCUT2D eigenvalue weighted by atomic mass is 9.84. The zero-order valence-corrected chi connectivity index (χ0v) is 46.7. The number of hydrogen-bond donors (Lipinski definition) is 2. The van der Waals surface area contributed by atoms with Crippen molar-refractivity contribution in [2.24, 2.45) is 17.3 Å². The number of hydrogen-bond acceptors (Lipinski definition) is 9. The SMILES string of the molecule is C=CC(=O)N1CC[C@H](C(=O)N(C)[C@H](C(=O)N[C@H]2Cc3cccc(c3)-c3ccc4c(c3)c(c(-c3cnccc3[C@H](C)OC)n4CC)CC(C)(C)COC(=O)[C@@H]3CCCN(N3)C2=O)C(C)C)C1.S.S.S.S.S. The standard InChI is InChI=1S/C51H65N7O7.5H2S/c1-10-44(59)56-23-20-36(29-56)48(61)55(8)45(31(3)4)47(60)53-42-25-33-14-12-15-34(24-33)35-17-18-43-38(26-35)39(46(57(43)11-2)40-28-52-21-19-37(40)32(5)64-9)27-51(6,7)30-65-50(63)41-16-13-22-58(54-41)49(42)62;;;;;/h10,12,14-15,17-19,21,24,26,28,31-32,36,41-42,45,54H,1,11,13,16,20,22-23,25,27,29-30H2,2-9H3,(H,53,60);5*1H2/t32-,36-,41-,42-,45-;;;;;/m0...../s1. The van der Waals surface area contributed by atoms with Crippen molar-refractivity contribution in [1.29, 1.82) is 0 Å². The van der Waals surface area contributed by atoms with Gasteiger partial charge in [-0.2, -0.15) is 67.5 Å². The number of aryl methyl sites for hydroxylation is 1. The number of ether oxygens (including phenoxy) is 2. The van der Waals surface area contributed by atoms with E-state index in [-0.39, 0.29) is 111 Å². The van der Waals surface area contributed by atoms with Crippen molar-refractivity contribution in [1.82, 2.24) is 35.1 Å². The number of pyridine rings is 1. The minimum absolute atomic E-state index is 0. The molecular weight excluding hydrogens is 983 g/mol. The van der Waals surface area contributed by atoms with E-state index in [0.717, 1.165) is 50.0 Å². The first kappa shape index (κ1) is 62.0. The average molecular weight is 1060 g/mol. The zero-order chi connectivity index (χ0) is 46.7. The molecule has 0 unspecified atom stereocenters. The molecule has 4 aromatic rings. The van der Waals surface area contributed by atoms with Crippen LogP contribution in [-0.4, -0.2) is 112 Å². The third kappa shape index (κ3) is 13.3. The number of benzene rings is 2. The predicted molar refractivity (Wildman–Crippen MR) is 302 cm³/mol. The van der Waals surface area contributed by atoms with Gasteiger partial charge in [-0.25, -0.2) is 5.43 Å². The van der Waals surface area contributed by atoms with E-state index in [1.54, 1.807) is 25.3 Å². The van der Waals surface area contributed by atoms with Gasteiger partial charge in [-0.3, -0.25) is 34.0 Å². The summed E-state index contributed by atoms with van der Waals surface area (Å²) in [6.45, 7) is 17.5. The molecule has 14 nitrogen and oxygen atoms in total. The number of carbonyl (C=O) groups is 5. The fourth-order valence-corrected chi connectivity index (χ4v) is 9.92. The number of carbonyl (C=O) groups excluding carboxylic acids is 5. The van der Waals surface area contributed by atoms with E-state index in [0.29, 0.717) is 45.3 Å². The molecule has 70 heavy (non-hydrogen) atoms. The van der Waals surface area contributed by atoms with Crippen LogP contribution < -0.4 is 10.7 Å². The van der Waals surface area contributed by atoms with Gasteiger partial charge in [-0.1, -0.05) is 64.6 Å². The maximum atomic E-state index is 14.7. The van der Waals surface area contributed by atoms with Crippen molar-refractivity contribution in [3.8, 4) is 22.4 Å². The number of fused-ring (bicyclic) bond motifs is 6. The Bertz CT molecular complexity index is 2490. The summed E-state index contributed by atoms with van der Waals surface area (Å²) in [5, 5.41) is 5.57.